The van der Waals surface area contributed by atoms with Gasteiger partial charge < -0.3 is 14.6 Å². The Morgan fingerprint density at radius 3 is 2.96 bits per heavy atom. The van der Waals surface area contributed by atoms with Crippen LogP contribution in [-0.2, 0) is 11.3 Å². The first-order valence-corrected chi connectivity index (χ1v) is 7.76. The second-order valence-corrected chi connectivity index (χ2v) is 5.43. The summed E-state index contributed by atoms with van der Waals surface area (Å²) in [7, 11) is 0. The van der Waals surface area contributed by atoms with E-state index in [0.29, 0.717) is 17.2 Å². The highest BCUT2D eigenvalue weighted by atomic mass is 19.1. The minimum Gasteiger partial charge on any atom is -0.439 e. The Morgan fingerprint density at radius 2 is 2.20 bits per heavy atom. The van der Waals surface area contributed by atoms with E-state index < -0.39 is 5.82 Å². The molecule has 0 aliphatic rings. The van der Waals surface area contributed by atoms with Crippen molar-refractivity contribution in [2.75, 3.05) is 0 Å². The molecule has 0 aliphatic carbocycles. The van der Waals surface area contributed by atoms with Gasteiger partial charge in [0, 0.05) is 36.8 Å². The molecule has 0 spiro atoms. The zero-order valence-corrected chi connectivity index (χ0v) is 13.6. The lowest BCUT2D eigenvalue weighted by molar-refractivity contribution is -0.124. The highest BCUT2D eigenvalue weighted by Gasteiger charge is 2.15. The van der Waals surface area contributed by atoms with Crippen LogP contribution in [0.5, 0.6) is 11.6 Å². The van der Waals surface area contributed by atoms with Crippen molar-refractivity contribution in [2.45, 2.75) is 19.5 Å². The van der Waals surface area contributed by atoms with E-state index in [2.05, 4.69) is 15.3 Å². The summed E-state index contributed by atoms with van der Waals surface area (Å²) in [5.41, 5.74) is 0.693. The summed E-state index contributed by atoms with van der Waals surface area (Å²) >= 11 is 0. The zero-order chi connectivity index (χ0) is 17.6. The maximum absolute atomic E-state index is 13.3. The summed E-state index contributed by atoms with van der Waals surface area (Å²) in [5.74, 6) is 0.123. The number of carbonyl (C=O) groups is 1. The number of halogens is 1. The molecule has 0 fully saturated rings. The normalized spacial score (nSPS) is 11.8. The molecule has 0 radical (unpaired) electrons. The molecular formula is C18H17FN4O2. The molecule has 2 heterocycles. The van der Waals surface area contributed by atoms with Crippen molar-refractivity contribution in [3.8, 4) is 11.6 Å². The number of rotatable bonds is 6. The molecule has 0 bridgehead atoms. The number of aromatic nitrogens is 3. The summed E-state index contributed by atoms with van der Waals surface area (Å²) in [6, 6.07) is 8.97. The van der Waals surface area contributed by atoms with Crippen molar-refractivity contribution < 1.29 is 13.9 Å². The monoisotopic (exact) mass is 340 g/mol. The maximum Gasteiger partial charge on any atom is 0.243 e. The van der Waals surface area contributed by atoms with Crippen LogP contribution in [0.4, 0.5) is 4.39 Å². The van der Waals surface area contributed by atoms with E-state index >= 15 is 0 Å². The molecular weight excluding hydrogens is 323 g/mol. The van der Waals surface area contributed by atoms with Crippen LogP contribution < -0.4 is 10.1 Å². The van der Waals surface area contributed by atoms with Gasteiger partial charge >= 0.3 is 0 Å². The standard InChI is InChI=1S/C18H17FN4O2/c1-13(23-9-8-20-12-23)17(24)22-11-14-4-3-7-21-18(14)25-16-6-2-5-15(19)10-16/h2-10,12-13H,11H2,1H3,(H,22,24)/t13-/m1/s1. The number of benzene rings is 1. The molecule has 1 atom stereocenters. The number of pyridine rings is 1. The molecule has 1 N–H and O–H groups in total. The SMILES string of the molecule is C[C@H](C(=O)NCc1cccnc1Oc1cccc(F)c1)n1ccnc1. The van der Waals surface area contributed by atoms with Gasteiger partial charge in [-0.15, -0.1) is 0 Å². The lowest BCUT2D eigenvalue weighted by atomic mass is 10.2. The van der Waals surface area contributed by atoms with Crippen molar-refractivity contribution in [2.24, 2.45) is 0 Å². The summed E-state index contributed by atoms with van der Waals surface area (Å²) in [6.07, 6.45) is 6.52. The number of imidazole rings is 1. The van der Waals surface area contributed by atoms with Gasteiger partial charge in [-0.1, -0.05) is 12.1 Å². The Kier molecular flexibility index (Phi) is 5.03. The predicted molar refractivity (Wildman–Crippen MR) is 89.5 cm³/mol. The molecule has 3 rings (SSSR count). The fraction of sp³-hybridized carbons (Fsp3) is 0.167. The number of ether oxygens (including phenoxy) is 1. The number of carbonyl (C=O) groups excluding carboxylic acids is 1. The number of amides is 1. The van der Waals surface area contributed by atoms with Gasteiger partial charge in [0.1, 0.15) is 17.6 Å². The van der Waals surface area contributed by atoms with E-state index in [4.69, 9.17) is 4.74 Å². The largest absolute Gasteiger partial charge is 0.439 e. The lowest BCUT2D eigenvalue weighted by Crippen LogP contribution is -2.30. The van der Waals surface area contributed by atoms with Gasteiger partial charge in [0.2, 0.25) is 11.8 Å². The van der Waals surface area contributed by atoms with Gasteiger partial charge in [-0.3, -0.25) is 4.79 Å². The third-order valence-electron chi connectivity index (χ3n) is 3.67. The molecule has 7 heteroatoms. The maximum atomic E-state index is 13.3. The third-order valence-corrected chi connectivity index (χ3v) is 3.67. The highest BCUT2D eigenvalue weighted by Crippen LogP contribution is 2.23. The van der Waals surface area contributed by atoms with Gasteiger partial charge in [0.25, 0.3) is 0 Å². The van der Waals surface area contributed by atoms with Gasteiger partial charge in [0.15, 0.2) is 0 Å². The Balaban J connectivity index is 1.68. The summed E-state index contributed by atoms with van der Waals surface area (Å²) < 4.78 is 20.6. The molecule has 128 valence electrons. The number of nitrogens with zero attached hydrogens (tertiary/aromatic N) is 3. The fourth-order valence-electron chi connectivity index (χ4n) is 2.26. The van der Waals surface area contributed by atoms with E-state index in [0.717, 1.165) is 0 Å². The fourth-order valence-corrected chi connectivity index (χ4v) is 2.26. The van der Waals surface area contributed by atoms with Gasteiger partial charge in [0.05, 0.1) is 6.33 Å². The summed E-state index contributed by atoms with van der Waals surface area (Å²) in [5, 5.41) is 2.84. The Morgan fingerprint density at radius 1 is 1.32 bits per heavy atom. The lowest BCUT2D eigenvalue weighted by Gasteiger charge is -2.14. The topological polar surface area (TPSA) is 69.0 Å². The smallest absolute Gasteiger partial charge is 0.243 e. The van der Waals surface area contributed by atoms with Crippen LogP contribution in [0.15, 0.2) is 61.3 Å². The minimum atomic E-state index is -0.391. The van der Waals surface area contributed by atoms with Gasteiger partial charge in [-0.05, 0) is 25.1 Å². The molecule has 2 aromatic heterocycles. The van der Waals surface area contributed by atoms with E-state index in [1.807, 2.05) is 0 Å². The van der Waals surface area contributed by atoms with E-state index in [-0.39, 0.29) is 18.5 Å². The van der Waals surface area contributed by atoms with Crippen molar-refractivity contribution in [3.05, 3.63) is 72.7 Å². The van der Waals surface area contributed by atoms with Gasteiger partial charge in [-0.2, -0.15) is 0 Å². The van der Waals surface area contributed by atoms with Crippen LogP contribution in [0, 0.1) is 5.82 Å². The van der Waals surface area contributed by atoms with E-state index in [1.165, 1.54) is 12.1 Å². The van der Waals surface area contributed by atoms with Crippen LogP contribution >= 0.6 is 0 Å². The molecule has 6 nitrogen and oxygen atoms in total. The van der Waals surface area contributed by atoms with Crippen molar-refractivity contribution >= 4 is 5.91 Å². The number of nitrogens with one attached hydrogen (secondary N) is 1. The second kappa shape index (κ2) is 7.57. The predicted octanol–water partition coefficient (Wildman–Crippen LogP) is 3.09. The highest BCUT2D eigenvalue weighted by molar-refractivity contribution is 5.79. The van der Waals surface area contributed by atoms with Crippen molar-refractivity contribution in [3.63, 3.8) is 0 Å². The molecule has 1 amide bonds. The first-order valence-electron chi connectivity index (χ1n) is 7.76. The molecule has 0 aliphatic heterocycles. The molecule has 0 saturated heterocycles. The van der Waals surface area contributed by atoms with Crippen LogP contribution in [0.25, 0.3) is 0 Å². The average molecular weight is 340 g/mol. The average Bonchev–Trinajstić information content (AvgIpc) is 3.15. The van der Waals surface area contributed by atoms with Crippen LogP contribution in [-0.4, -0.2) is 20.4 Å². The Hall–Kier alpha value is -3.22. The van der Waals surface area contributed by atoms with Crippen LogP contribution in [0.3, 0.4) is 0 Å². The minimum absolute atomic E-state index is 0.154. The number of hydrogen-bond donors (Lipinski definition) is 1. The van der Waals surface area contributed by atoms with Crippen molar-refractivity contribution in [1.29, 1.82) is 0 Å². The van der Waals surface area contributed by atoms with Crippen LogP contribution in [0.2, 0.25) is 0 Å². The van der Waals surface area contributed by atoms with Gasteiger partial charge in [-0.25, -0.2) is 14.4 Å². The molecule has 3 aromatic rings. The zero-order valence-electron chi connectivity index (χ0n) is 13.6. The molecule has 25 heavy (non-hydrogen) atoms. The quantitative estimate of drug-likeness (QED) is 0.749. The van der Waals surface area contributed by atoms with Crippen molar-refractivity contribution in [1.82, 2.24) is 19.9 Å². The first kappa shape index (κ1) is 16.6. The summed E-state index contributed by atoms with van der Waals surface area (Å²) in [4.78, 5) is 20.4. The number of hydrogen-bond acceptors (Lipinski definition) is 4. The van der Waals surface area contributed by atoms with E-state index in [1.54, 1.807) is 60.7 Å². The molecule has 1 aromatic carbocycles. The Labute approximate surface area is 144 Å². The Bertz CT molecular complexity index is 852. The summed E-state index contributed by atoms with van der Waals surface area (Å²) in [6.45, 7) is 2.03. The first-order chi connectivity index (χ1) is 12.1. The second-order valence-electron chi connectivity index (χ2n) is 5.43. The molecule has 0 unspecified atom stereocenters. The van der Waals surface area contributed by atoms with E-state index in [9.17, 15) is 9.18 Å². The molecule has 0 saturated carbocycles. The van der Waals surface area contributed by atoms with Crippen LogP contribution in [0.1, 0.15) is 18.5 Å². The third kappa shape index (κ3) is 4.20.